The van der Waals surface area contributed by atoms with Crippen LogP contribution in [-0.2, 0) is 0 Å². The lowest BCUT2D eigenvalue weighted by Crippen LogP contribution is -2.58. The summed E-state index contributed by atoms with van der Waals surface area (Å²) in [6, 6.07) is 0.631. The zero-order chi connectivity index (χ0) is 15.4. The number of nitrogens with zero attached hydrogens (tertiary/aromatic N) is 1. The first-order valence-corrected chi connectivity index (χ1v) is 9.09. The molecule has 0 saturated heterocycles. The Morgan fingerprint density at radius 1 is 1.10 bits per heavy atom. The molecule has 5 atom stereocenters. The van der Waals surface area contributed by atoms with E-state index >= 15 is 0 Å². The molecule has 0 spiro atoms. The fraction of sp³-hybridized carbons (Fsp3) is 1.00. The van der Waals surface area contributed by atoms with Crippen molar-refractivity contribution in [1.29, 1.82) is 0 Å². The maximum absolute atomic E-state index is 6.70. The Labute approximate surface area is 134 Å². The molecule has 5 heteroatoms. The van der Waals surface area contributed by atoms with Crippen molar-refractivity contribution in [2.75, 3.05) is 6.67 Å². The lowest BCUT2D eigenvalue weighted by Gasteiger charge is -2.46. The van der Waals surface area contributed by atoms with Gasteiger partial charge in [-0.05, 0) is 50.9 Å². The fourth-order valence-corrected chi connectivity index (χ4v) is 4.77. The minimum absolute atomic E-state index is 0.0204. The molecule has 0 bridgehead atoms. The van der Waals surface area contributed by atoms with Gasteiger partial charge in [0.05, 0.1) is 6.17 Å². The first-order valence-electron chi connectivity index (χ1n) is 8.65. The highest BCUT2D eigenvalue weighted by Crippen LogP contribution is 2.38. The van der Waals surface area contributed by atoms with Crippen molar-refractivity contribution in [3.63, 3.8) is 0 Å². The lowest BCUT2D eigenvalue weighted by atomic mass is 9.71. The molecule has 2 fully saturated rings. The highest BCUT2D eigenvalue weighted by atomic mass is 35.5. The molecule has 0 aromatic carbocycles. The van der Waals surface area contributed by atoms with Crippen LogP contribution >= 0.6 is 11.6 Å². The third-order valence-corrected chi connectivity index (χ3v) is 6.04. The molecule has 0 heterocycles. The van der Waals surface area contributed by atoms with Crippen LogP contribution in [0.2, 0.25) is 0 Å². The lowest BCUT2D eigenvalue weighted by molar-refractivity contribution is 0.0482. The maximum Gasteiger partial charge on any atom is 0.0557 e. The molecular formula is C16H33ClN4. The van der Waals surface area contributed by atoms with E-state index in [1.165, 1.54) is 32.1 Å². The molecule has 2 aliphatic rings. The van der Waals surface area contributed by atoms with Crippen molar-refractivity contribution < 1.29 is 0 Å². The second kappa shape index (κ2) is 8.11. The predicted molar refractivity (Wildman–Crippen MR) is 89.9 cm³/mol. The molecule has 0 amide bonds. The van der Waals surface area contributed by atoms with E-state index in [1.54, 1.807) is 0 Å². The van der Waals surface area contributed by atoms with Gasteiger partial charge in [0.2, 0.25) is 0 Å². The summed E-state index contributed by atoms with van der Waals surface area (Å²) >= 11 is 6.45. The van der Waals surface area contributed by atoms with Crippen molar-refractivity contribution in [1.82, 2.24) is 4.90 Å². The molecule has 0 aliphatic heterocycles. The van der Waals surface area contributed by atoms with Crippen molar-refractivity contribution in [3.05, 3.63) is 0 Å². The number of halogens is 1. The topological polar surface area (TPSA) is 81.3 Å². The molecule has 4 nitrogen and oxygen atoms in total. The molecule has 21 heavy (non-hydrogen) atoms. The first-order chi connectivity index (χ1) is 10.0. The minimum Gasteiger partial charge on any atom is -0.327 e. The van der Waals surface area contributed by atoms with Crippen LogP contribution in [-0.4, -0.2) is 35.2 Å². The number of rotatable bonds is 5. The van der Waals surface area contributed by atoms with Crippen LogP contribution in [0, 0.1) is 11.8 Å². The van der Waals surface area contributed by atoms with Crippen molar-refractivity contribution in [2.24, 2.45) is 29.0 Å². The van der Waals surface area contributed by atoms with Gasteiger partial charge in [-0.3, -0.25) is 4.90 Å². The summed E-state index contributed by atoms with van der Waals surface area (Å²) in [5.74, 6) is 1.08. The molecule has 6 N–H and O–H groups in total. The second-order valence-electron chi connectivity index (χ2n) is 7.05. The van der Waals surface area contributed by atoms with E-state index in [-0.39, 0.29) is 17.6 Å². The highest BCUT2D eigenvalue weighted by molar-refractivity contribution is 6.20. The van der Waals surface area contributed by atoms with Gasteiger partial charge in [-0.15, -0.1) is 11.6 Å². The van der Waals surface area contributed by atoms with Gasteiger partial charge < -0.3 is 17.2 Å². The maximum atomic E-state index is 6.70. The number of hydrogen-bond donors (Lipinski definition) is 3. The van der Waals surface area contributed by atoms with Crippen LogP contribution in [0.1, 0.15) is 58.3 Å². The van der Waals surface area contributed by atoms with Gasteiger partial charge in [0.25, 0.3) is 0 Å². The van der Waals surface area contributed by atoms with Crippen LogP contribution in [0.4, 0.5) is 0 Å². The monoisotopic (exact) mass is 316 g/mol. The molecule has 5 unspecified atom stereocenters. The van der Waals surface area contributed by atoms with Gasteiger partial charge in [-0.2, -0.15) is 0 Å². The third-order valence-electron chi connectivity index (χ3n) is 5.65. The molecule has 0 aromatic heterocycles. The Morgan fingerprint density at radius 2 is 1.76 bits per heavy atom. The largest absolute Gasteiger partial charge is 0.327 e. The zero-order valence-electron chi connectivity index (χ0n) is 13.4. The summed E-state index contributed by atoms with van der Waals surface area (Å²) < 4.78 is 0. The Morgan fingerprint density at radius 3 is 2.33 bits per heavy atom. The summed E-state index contributed by atoms with van der Waals surface area (Å²) in [5.41, 5.74) is 18.8. The van der Waals surface area contributed by atoms with E-state index in [0.717, 1.165) is 19.3 Å². The summed E-state index contributed by atoms with van der Waals surface area (Å²) in [6.45, 7) is 2.52. The van der Waals surface area contributed by atoms with E-state index in [9.17, 15) is 0 Å². The average Bonchev–Trinajstić information content (AvgIpc) is 2.49. The zero-order valence-corrected chi connectivity index (χ0v) is 14.1. The highest BCUT2D eigenvalue weighted by Gasteiger charge is 2.40. The normalized spacial score (nSPS) is 34.9. The van der Waals surface area contributed by atoms with Crippen LogP contribution in [0.15, 0.2) is 0 Å². The van der Waals surface area contributed by atoms with Gasteiger partial charge in [-0.1, -0.05) is 19.3 Å². The Balaban J connectivity index is 2.09. The molecule has 2 saturated carbocycles. The van der Waals surface area contributed by atoms with Crippen molar-refractivity contribution in [2.45, 2.75) is 81.9 Å². The Bertz CT molecular complexity index is 307. The molecule has 2 aliphatic carbocycles. The standard InChI is InChI=1S/C16H33ClN4/c1-11(19)21(10-18)15-8-7-13(17)9-14(15)16(20)12-5-3-2-4-6-12/h11-16H,2-10,18-20H2,1H3. The van der Waals surface area contributed by atoms with Gasteiger partial charge in [0.1, 0.15) is 0 Å². The van der Waals surface area contributed by atoms with E-state index in [2.05, 4.69) is 4.90 Å². The molecular weight excluding hydrogens is 284 g/mol. The van der Waals surface area contributed by atoms with Crippen LogP contribution in [0.3, 0.4) is 0 Å². The second-order valence-corrected chi connectivity index (χ2v) is 7.67. The Hall–Kier alpha value is 0.130. The summed E-state index contributed by atoms with van der Waals surface area (Å²) in [5, 5.41) is 0.258. The fourth-order valence-electron chi connectivity index (χ4n) is 4.43. The smallest absolute Gasteiger partial charge is 0.0557 e. The van der Waals surface area contributed by atoms with Gasteiger partial charge in [-0.25, -0.2) is 0 Å². The number of nitrogens with two attached hydrogens (primary N) is 3. The SMILES string of the molecule is CC(N)N(CN)C1CCC(Cl)CC1C(N)C1CCCCC1. The third kappa shape index (κ3) is 4.32. The van der Waals surface area contributed by atoms with Gasteiger partial charge >= 0.3 is 0 Å². The number of alkyl halides is 1. The summed E-state index contributed by atoms with van der Waals surface area (Å²) in [7, 11) is 0. The molecule has 124 valence electrons. The van der Waals surface area contributed by atoms with E-state index in [1.807, 2.05) is 6.92 Å². The van der Waals surface area contributed by atoms with E-state index < -0.39 is 0 Å². The van der Waals surface area contributed by atoms with Crippen molar-refractivity contribution >= 4 is 11.6 Å². The minimum atomic E-state index is -0.0204. The quantitative estimate of drug-likeness (QED) is 0.536. The van der Waals surface area contributed by atoms with E-state index in [0.29, 0.717) is 24.5 Å². The van der Waals surface area contributed by atoms with E-state index in [4.69, 9.17) is 28.8 Å². The average molecular weight is 317 g/mol. The van der Waals surface area contributed by atoms with Crippen molar-refractivity contribution in [3.8, 4) is 0 Å². The molecule has 0 aromatic rings. The predicted octanol–water partition coefficient (Wildman–Crippen LogP) is 2.19. The first kappa shape index (κ1) is 17.5. The Kier molecular flexibility index (Phi) is 6.76. The number of hydrogen-bond acceptors (Lipinski definition) is 4. The molecule has 0 radical (unpaired) electrons. The summed E-state index contributed by atoms with van der Waals surface area (Å²) in [6.07, 6.45) is 9.67. The van der Waals surface area contributed by atoms with Crippen LogP contribution < -0.4 is 17.2 Å². The van der Waals surface area contributed by atoms with Gasteiger partial charge in [0.15, 0.2) is 0 Å². The summed E-state index contributed by atoms with van der Waals surface area (Å²) in [4.78, 5) is 2.22. The van der Waals surface area contributed by atoms with Crippen LogP contribution in [0.5, 0.6) is 0 Å². The van der Waals surface area contributed by atoms with Gasteiger partial charge in [0, 0.05) is 24.1 Å². The molecule has 2 rings (SSSR count). The van der Waals surface area contributed by atoms with Crippen LogP contribution in [0.25, 0.3) is 0 Å².